The molecule has 1 unspecified atom stereocenters. The number of hydrogen-bond donors (Lipinski definition) is 1. The van der Waals surface area contributed by atoms with Gasteiger partial charge in [0, 0.05) is 26.2 Å². The first-order valence-corrected chi connectivity index (χ1v) is 10.3. The fraction of sp³-hybridized carbons (Fsp3) is 0.273. The van der Waals surface area contributed by atoms with Crippen LogP contribution in [-0.4, -0.2) is 57.8 Å². The van der Waals surface area contributed by atoms with E-state index in [9.17, 15) is 18.8 Å². The topological polar surface area (TPSA) is 78.4 Å². The summed E-state index contributed by atoms with van der Waals surface area (Å²) in [6.07, 6.45) is 1.37. The lowest BCUT2D eigenvalue weighted by Gasteiger charge is -2.26. The van der Waals surface area contributed by atoms with Gasteiger partial charge >= 0.3 is 0 Å². The van der Waals surface area contributed by atoms with Gasteiger partial charge in [0.15, 0.2) is 4.77 Å². The Morgan fingerprint density at radius 3 is 2.65 bits per heavy atom. The third-order valence-corrected chi connectivity index (χ3v) is 5.76. The minimum Gasteiger partial charge on any atom is -0.347 e. The van der Waals surface area contributed by atoms with Crippen LogP contribution in [0.15, 0.2) is 47.3 Å². The standard InChI is InChI=1S/C22H21FN4O3S/c1-25(2)21(30)18-8-5-11-26(18)19(28)13-9-10-14-16(12-13)24-22(31)27(20(14)29)17-7-4-3-6-15(17)23/h3-4,6-7,9-10,12,18H,5,8,11H2,1-2H3,(H,24,31). The molecule has 1 saturated heterocycles. The minimum atomic E-state index is -0.569. The van der Waals surface area contributed by atoms with E-state index in [0.29, 0.717) is 24.0 Å². The van der Waals surface area contributed by atoms with E-state index >= 15 is 0 Å². The zero-order chi connectivity index (χ0) is 22.3. The third kappa shape index (κ3) is 3.65. The second-order valence-electron chi connectivity index (χ2n) is 7.67. The monoisotopic (exact) mass is 440 g/mol. The van der Waals surface area contributed by atoms with Gasteiger partial charge in [-0.05, 0) is 55.4 Å². The van der Waals surface area contributed by atoms with Gasteiger partial charge in [-0.3, -0.25) is 14.4 Å². The molecule has 2 aromatic carbocycles. The van der Waals surface area contributed by atoms with Crippen molar-refractivity contribution in [3.05, 3.63) is 69.0 Å². The quantitative estimate of drug-likeness (QED) is 0.636. The summed E-state index contributed by atoms with van der Waals surface area (Å²) < 4.78 is 15.4. The fourth-order valence-corrected chi connectivity index (χ4v) is 4.22. The molecule has 0 bridgehead atoms. The van der Waals surface area contributed by atoms with E-state index < -0.39 is 17.4 Å². The Morgan fingerprint density at radius 2 is 1.94 bits per heavy atom. The molecule has 2 heterocycles. The number of amides is 2. The Kier molecular flexibility index (Phi) is 5.45. The van der Waals surface area contributed by atoms with Crippen LogP contribution in [0, 0.1) is 10.6 Å². The van der Waals surface area contributed by atoms with Crippen LogP contribution < -0.4 is 5.56 Å². The maximum atomic E-state index is 14.2. The molecule has 0 saturated carbocycles. The van der Waals surface area contributed by atoms with Crippen LogP contribution in [0.3, 0.4) is 0 Å². The number of nitrogens with one attached hydrogen (secondary N) is 1. The lowest BCUT2D eigenvalue weighted by Crippen LogP contribution is -2.45. The van der Waals surface area contributed by atoms with E-state index in [-0.39, 0.29) is 27.7 Å². The summed E-state index contributed by atoms with van der Waals surface area (Å²) in [4.78, 5) is 44.5. The molecular weight excluding hydrogens is 419 g/mol. The lowest BCUT2D eigenvalue weighted by atomic mass is 10.1. The maximum absolute atomic E-state index is 14.2. The summed E-state index contributed by atoms with van der Waals surface area (Å²) in [7, 11) is 3.33. The molecule has 1 aliphatic heterocycles. The zero-order valence-electron chi connectivity index (χ0n) is 17.1. The van der Waals surface area contributed by atoms with Gasteiger partial charge in [0.05, 0.1) is 16.6 Å². The molecule has 1 fully saturated rings. The van der Waals surface area contributed by atoms with Crippen LogP contribution in [0.5, 0.6) is 0 Å². The normalized spacial score (nSPS) is 16.0. The van der Waals surface area contributed by atoms with Crippen LogP contribution in [0.1, 0.15) is 23.2 Å². The molecule has 9 heteroatoms. The average Bonchev–Trinajstić information content (AvgIpc) is 3.23. The van der Waals surface area contributed by atoms with Crippen molar-refractivity contribution < 1.29 is 14.0 Å². The highest BCUT2D eigenvalue weighted by Gasteiger charge is 2.35. The van der Waals surface area contributed by atoms with Crippen molar-refractivity contribution >= 4 is 34.9 Å². The maximum Gasteiger partial charge on any atom is 0.266 e. The van der Waals surface area contributed by atoms with Crippen molar-refractivity contribution in [1.29, 1.82) is 0 Å². The molecule has 0 spiro atoms. The smallest absolute Gasteiger partial charge is 0.266 e. The number of halogens is 1. The second kappa shape index (κ2) is 8.07. The van der Waals surface area contributed by atoms with Crippen molar-refractivity contribution in [2.45, 2.75) is 18.9 Å². The first-order valence-electron chi connectivity index (χ1n) is 9.85. The number of benzene rings is 2. The number of hydrogen-bond acceptors (Lipinski definition) is 4. The number of para-hydroxylation sites is 1. The summed E-state index contributed by atoms with van der Waals surface area (Å²) >= 11 is 5.30. The molecule has 4 rings (SSSR count). The summed E-state index contributed by atoms with van der Waals surface area (Å²) in [5, 5.41) is 0.274. The molecule has 0 radical (unpaired) electrons. The predicted octanol–water partition coefficient (Wildman–Crippen LogP) is 2.88. The Bertz CT molecular complexity index is 1310. The molecule has 3 aromatic rings. The number of H-pyrrole nitrogens is 1. The first-order chi connectivity index (χ1) is 14.8. The fourth-order valence-electron chi connectivity index (χ4n) is 3.93. The van der Waals surface area contributed by atoms with Crippen LogP contribution >= 0.6 is 12.2 Å². The van der Waals surface area contributed by atoms with Crippen molar-refractivity contribution in [1.82, 2.24) is 19.4 Å². The number of aromatic nitrogens is 2. The number of carbonyl (C=O) groups excluding carboxylic acids is 2. The van der Waals surface area contributed by atoms with E-state index in [1.807, 2.05) is 0 Å². The van der Waals surface area contributed by atoms with Gasteiger partial charge < -0.3 is 14.8 Å². The number of fused-ring (bicyclic) bond motifs is 1. The Balaban J connectivity index is 1.76. The minimum absolute atomic E-state index is 0.0223. The molecule has 0 aliphatic carbocycles. The highest BCUT2D eigenvalue weighted by molar-refractivity contribution is 7.71. The van der Waals surface area contributed by atoms with E-state index in [1.54, 1.807) is 37.2 Å². The van der Waals surface area contributed by atoms with E-state index in [2.05, 4.69) is 4.98 Å². The van der Waals surface area contributed by atoms with Crippen LogP contribution in [0.4, 0.5) is 4.39 Å². The van der Waals surface area contributed by atoms with Crippen LogP contribution in [-0.2, 0) is 4.79 Å². The number of likely N-dealkylation sites (tertiary alicyclic amines) is 1. The Hall–Kier alpha value is -3.33. The number of carbonyl (C=O) groups is 2. The number of rotatable bonds is 3. The predicted molar refractivity (Wildman–Crippen MR) is 117 cm³/mol. The van der Waals surface area contributed by atoms with Gasteiger partial charge in [0.25, 0.3) is 11.5 Å². The summed E-state index contributed by atoms with van der Waals surface area (Å²) in [6, 6.07) is 10.00. The molecule has 1 N–H and O–H groups in total. The summed E-state index contributed by atoms with van der Waals surface area (Å²) in [5.74, 6) is -0.961. The van der Waals surface area contributed by atoms with E-state index in [0.717, 1.165) is 11.0 Å². The molecule has 160 valence electrons. The van der Waals surface area contributed by atoms with Gasteiger partial charge in [-0.15, -0.1) is 0 Å². The molecule has 1 aromatic heterocycles. The number of likely N-dealkylation sites (N-methyl/N-ethyl adjacent to an activating group) is 1. The van der Waals surface area contributed by atoms with Crippen molar-refractivity contribution in [2.24, 2.45) is 0 Å². The van der Waals surface area contributed by atoms with Gasteiger partial charge in [-0.2, -0.15) is 0 Å². The van der Waals surface area contributed by atoms with Gasteiger partial charge in [0.1, 0.15) is 11.9 Å². The average molecular weight is 441 g/mol. The molecular formula is C22H21FN4O3S. The molecule has 31 heavy (non-hydrogen) atoms. The van der Waals surface area contributed by atoms with Crippen molar-refractivity contribution in [3.8, 4) is 5.69 Å². The van der Waals surface area contributed by atoms with Gasteiger partial charge in [0.2, 0.25) is 5.91 Å². The highest BCUT2D eigenvalue weighted by Crippen LogP contribution is 2.23. The largest absolute Gasteiger partial charge is 0.347 e. The zero-order valence-corrected chi connectivity index (χ0v) is 17.9. The third-order valence-electron chi connectivity index (χ3n) is 5.48. The number of aromatic amines is 1. The Labute approximate surface area is 182 Å². The van der Waals surface area contributed by atoms with Crippen molar-refractivity contribution in [3.63, 3.8) is 0 Å². The summed E-state index contributed by atoms with van der Waals surface area (Å²) in [6.45, 7) is 0.492. The first kappa shape index (κ1) is 20.9. The van der Waals surface area contributed by atoms with Gasteiger partial charge in [-0.1, -0.05) is 12.1 Å². The van der Waals surface area contributed by atoms with Gasteiger partial charge in [-0.25, -0.2) is 8.96 Å². The van der Waals surface area contributed by atoms with E-state index in [4.69, 9.17) is 12.2 Å². The molecule has 1 aliphatic rings. The highest BCUT2D eigenvalue weighted by atomic mass is 32.1. The SMILES string of the molecule is CN(C)C(=O)C1CCCN1C(=O)c1ccc2c(=O)n(-c3ccccc3F)c(=S)[nH]c2c1. The van der Waals surface area contributed by atoms with Crippen LogP contribution in [0.2, 0.25) is 0 Å². The Morgan fingerprint density at radius 1 is 1.19 bits per heavy atom. The van der Waals surface area contributed by atoms with E-state index in [1.165, 1.54) is 29.2 Å². The lowest BCUT2D eigenvalue weighted by molar-refractivity contribution is -0.132. The summed E-state index contributed by atoms with van der Waals surface area (Å²) in [5.41, 5.74) is 0.297. The molecule has 1 atom stereocenters. The second-order valence-corrected chi connectivity index (χ2v) is 8.06. The number of nitrogens with zero attached hydrogens (tertiary/aromatic N) is 3. The van der Waals surface area contributed by atoms with Crippen LogP contribution in [0.25, 0.3) is 16.6 Å². The molecule has 7 nitrogen and oxygen atoms in total. The molecule has 2 amide bonds. The van der Waals surface area contributed by atoms with Crippen molar-refractivity contribution in [2.75, 3.05) is 20.6 Å².